The molecule has 0 heterocycles. The van der Waals surface area contributed by atoms with Gasteiger partial charge < -0.3 is 10.1 Å². The number of sulfonamides is 1. The van der Waals surface area contributed by atoms with Gasteiger partial charge in [0.1, 0.15) is 10.6 Å². The van der Waals surface area contributed by atoms with Gasteiger partial charge in [0.25, 0.3) is 5.91 Å². The van der Waals surface area contributed by atoms with Gasteiger partial charge in [-0.2, -0.15) is 0 Å². The third-order valence-corrected chi connectivity index (χ3v) is 5.36. The molecule has 1 N–H and O–H groups in total. The number of carbonyl (C=O) groups is 1. The molecule has 0 saturated carbocycles. The molecule has 6 nitrogen and oxygen atoms in total. The van der Waals surface area contributed by atoms with Gasteiger partial charge in [-0.05, 0) is 30.3 Å². The number of methoxy groups -OCH3 is 1. The van der Waals surface area contributed by atoms with Crippen molar-refractivity contribution < 1.29 is 17.9 Å². The summed E-state index contributed by atoms with van der Waals surface area (Å²) in [4.78, 5) is 12.2. The number of nitrogens with one attached hydrogen (secondary N) is 1. The van der Waals surface area contributed by atoms with Crippen LogP contribution in [0.1, 0.15) is 15.9 Å². The number of amides is 1. The Kier molecular flexibility index (Phi) is 6.39. The van der Waals surface area contributed by atoms with Crippen LogP contribution in [0.2, 0.25) is 0 Å². The fourth-order valence-corrected chi connectivity index (χ4v) is 3.19. The zero-order valence-corrected chi connectivity index (χ0v) is 15.6. The minimum Gasteiger partial charge on any atom is -0.495 e. The Morgan fingerprint density at radius 2 is 1.85 bits per heavy atom. The van der Waals surface area contributed by atoms with Gasteiger partial charge >= 0.3 is 0 Å². The first-order chi connectivity index (χ1) is 12.4. The minimum atomic E-state index is -3.74. The summed E-state index contributed by atoms with van der Waals surface area (Å²) >= 11 is 0. The van der Waals surface area contributed by atoms with E-state index in [9.17, 15) is 13.2 Å². The second-order valence-electron chi connectivity index (χ2n) is 5.50. The van der Waals surface area contributed by atoms with Gasteiger partial charge in [-0.15, -0.1) is 0 Å². The Bertz CT molecular complexity index is 942. The molecule has 2 rings (SSSR count). The van der Waals surface area contributed by atoms with Crippen molar-refractivity contribution in [2.75, 3.05) is 27.7 Å². The molecular weight excluding hydrogens is 352 g/mol. The zero-order chi connectivity index (χ0) is 19.2. The van der Waals surface area contributed by atoms with Crippen LogP contribution in [0.25, 0.3) is 0 Å². The molecule has 0 bridgehead atoms. The molecule has 0 atom stereocenters. The average molecular weight is 372 g/mol. The van der Waals surface area contributed by atoms with Gasteiger partial charge in [-0.1, -0.05) is 30.0 Å². The molecule has 0 aromatic heterocycles. The summed E-state index contributed by atoms with van der Waals surface area (Å²) in [6.07, 6.45) is 0. The molecule has 0 fully saturated rings. The summed E-state index contributed by atoms with van der Waals surface area (Å²) in [5, 5.41) is 2.65. The third-order valence-electron chi connectivity index (χ3n) is 3.53. The SMILES string of the molecule is COc1ccc(C(=O)NCC#Cc2ccccc2)cc1S(=O)(=O)N(C)C. The van der Waals surface area contributed by atoms with Crippen molar-refractivity contribution in [2.45, 2.75) is 4.90 Å². The lowest BCUT2D eigenvalue weighted by Gasteiger charge is -2.15. The van der Waals surface area contributed by atoms with Crippen molar-refractivity contribution in [2.24, 2.45) is 0 Å². The molecule has 0 unspecified atom stereocenters. The third kappa shape index (κ3) is 4.63. The van der Waals surface area contributed by atoms with Crippen LogP contribution in [0.4, 0.5) is 0 Å². The summed E-state index contributed by atoms with van der Waals surface area (Å²) < 4.78 is 31.0. The van der Waals surface area contributed by atoms with Crippen molar-refractivity contribution in [3.63, 3.8) is 0 Å². The number of hydrogen-bond donors (Lipinski definition) is 1. The van der Waals surface area contributed by atoms with Crippen molar-refractivity contribution in [1.29, 1.82) is 0 Å². The monoisotopic (exact) mass is 372 g/mol. The van der Waals surface area contributed by atoms with Gasteiger partial charge in [-0.25, -0.2) is 12.7 Å². The van der Waals surface area contributed by atoms with Crippen molar-refractivity contribution in [1.82, 2.24) is 9.62 Å². The zero-order valence-electron chi connectivity index (χ0n) is 14.8. The summed E-state index contributed by atoms with van der Waals surface area (Å²) in [6, 6.07) is 13.7. The maximum absolute atomic E-state index is 12.4. The maximum atomic E-state index is 12.4. The van der Waals surface area contributed by atoms with Crippen LogP contribution in [0.15, 0.2) is 53.4 Å². The van der Waals surface area contributed by atoms with Crippen LogP contribution in [-0.4, -0.2) is 46.4 Å². The average Bonchev–Trinajstić information content (AvgIpc) is 2.65. The molecule has 0 aliphatic rings. The molecule has 0 radical (unpaired) electrons. The number of ether oxygens (including phenoxy) is 1. The number of benzene rings is 2. The molecule has 0 spiro atoms. The first-order valence-corrected chi connectivity index (χ1v) is 9.23. The van der Waals surface area contributed by atoms with Crippen LogP contribution in [0.3, 0.4) is 0 Å². The topological polar surface area (TPSA) is 75.7 Å². The molecule has 0 aliphatic heterocycles. The summed E-state index contributed by atoms with van der Waals surface area (Å²) in [5.74, 6) is 5.56. The number of carbonyl (C=O) groups excluding carboxylic acids is 1. The van der Waals surface area contributed by atoms with E-state index in [4.69, 9.17) is 4.74 Å². The minimum absolute atomic E-state index is 0.0620. The molecule has 0 saturated heterocycles. The highest BCUT2D eigenvalue weighted by molar-refractivity contribution is 7.89. The van der Waals surface area contributed by atoms with E-state index in [0.29, 0.717) is 0 Å². The predicted molar refractivity (Wildman–Crippen MR) is 99.5 cm³/mol. The van der Waals surface area contributed by atoms with Gasteiger partial charge in [-0.3, -0.25) is 4.79 Å². The van der Waals surface area contributed by atoms with Gasteiger partial charge in [0.2, 0.25) is 10.0 Å². The summed E-state index contributed by atoms with van der Waals surface area (Å²) in [7, 11) is 0.476. The largest absolute Gasteiger partial charge is 0.495 e. The molecule has 136 valence electrons. The normalized spacial score (nSPS) is 10.8. The second kappa shape index (κ2) is 8.52. The van der Waals surface area contributed by atoms with E-state index in [-0.39, 0.29) is 22.8 Å². The van der Waals surface area contributed by atoms with Gasteiger partial charge in [0.15, 0.2) is 0 Å². The smallest absolute Gasteiger partial charge is 0.252 e. The van der Waals surface area contributed by atoms with E-state index in [1.807, 2.05) is 30.3 Å². The van der Waals surface area contributed by atoms with Gasteiger partial charge in [0.05, 0.1) is 13.7 Å². The van der Waals surface area contributed by atoms with E-state index in [1.54, 1.807) is 0 Å². The molecular formula is C19H20N2O4S. The number of nitrogens with zero attached hydrogens (tertiary/aromatic N) is 1. The van der Waals surface area contributed by atoms with Crippen LogP contribution >= 0.6 is 0 Å². The predicted octanol–water partition coefficient (Wildman–Crippen LogP) is 1.73. The Morgan fingerprint density at radius 3 is 2.46 bits per heavy atom. The molecule has 2 aromatic carbocycles. The van der Waals surface area contributed by atoms with E-state index in [0.717, 1.165) is 9.87 Å². The fourth-order valence-electron chi connectivity index (χ4n) is 2.11. The number of hydrogen-bond acceptors (Lipinski definition) is 4. The Morgan fingerprint density at radius 1 is 1.15 bits per heavy atom. The highest BCUT2D eigenvalue weighted by Crippen LogP contribution is 2.26. The van der Waals surface area contributed by atoms with E-state index in [2.05, 4.69) is 17.2 Å². The molecule has 2 aromatic rings. The molecule has 26 heavy (non-hydrogen) atoms. The summed E-state index contributed by atoms with van der Waals surface area (Å²) in [5.41, 5.74) is 1.07. The van der Waals surface area contributed by atoms with Crippen LogP contribution < -0.4 is 10.1 Å². The van der Waals surface area contributed by atoms with Crippen molar-refractivity contribution in [3.8, 4) is 17.6 Å². The maximum Gasteiger partial charge on any atom is 0.252 e. The Labute approximate surface area is 153 Å². The highest BCUT2D eigenvalue weighted by atomic mass is 32.2. The van der Waals surface area contributed by atoms with Crippen LogP contribution in [-0.2, 0) is 10.0 Å². The lowest BCUT2D eigenvalue weighted by molar-refractivity contribution is 0.0958. The standard InChI is InChI=1S/C19H20N2O4S/c1-21(2)26(23,24)18-14-16(11-12-17(18)25-3)19(22)20-13-7-10-15-8-5-4-6-9-15/h4-6,8-9,11-12,14H,13H2,1-3H3,(H,20,22). The fraction of sp³-hybridized carbons (Fsp3) is 0.211. The van der Waals surface area contributed by atoms with Crippen LogP contribution in [0.5, 0.6) is 5.75 Å². The van der Waals surface area contributed by atoms with Gasteiger partial charge in [0, 0.05) is 25.2 Å². The van der Waals surface area contributed by atoms with Crippen molar-refractivity contribution >= 4 is 15.9 Å². The Hall–Kier alpha value is -2.82. The second-order valence-corrected chi connectivity index (χ2v) is 7.62. The van der Waals surface area contributed by atoms with Crippen molar-refractivity contribution in [3.05, 3.63) is 59.7 Å². The van der Waals surface area contributed by atoms with E-state index >= 15 is 0 Å². The highest BCUT2D eigenvalue weighted by Gasteiger charge is 2.23. The number of rotatable bonds is 5. The van der Waals surface area contributed by atoms with E-state index in [1.165, 1.54) is 39.4 Å². The quantitative estimate of drug-likeness (QED) is 0.811. The first-order valence-electron chi connectivity index (χ1n) is 7.79. The first kappa shape index (κ1) is 19.5. The molecule has 1 amide bonds. The lowest BCUT2D eigenvalue weighted by atomic mass is 10.2. The lowest BCUT2D eigenvalue weighted by Crippen LogP contribution is -2.26. The molecule has 0 aliphatic carbocycles. The summed E-state index contributed by atoms with van der Waals surface area (Å²) in [6.45, 7) is 0.148. The Balaban J connectivity index is 2.16. The van der Waals surface area contributed by atoms with Crippen LogP contribution in [0, 0.1) is 11.8 Å². The molecule has 7 heteroatoms. The van der Waals surface area contributed by atoms with E-state index < -0.39 is 15.9 Å².